The Balaban J connectivity index is 1.72. The molecule has 2 aromatic carbocycles. The summed E-state index contributed by atoms with van der Waals surface area (Å²) in [5.74, 6) is -1.58. The van der Waals surface area contributed by atoms with E-state index in [2.05, 4.69) is 14.7 Å². The maximum atomic E-state index is 12.8. The summed E-state index contributed by atoms with van der Waals surface area (Å²) in [4.78, 5) is 21.8. The predicted octanol–water partition coefficient (Wildman–Crippen LogP) is 4.49. The summed E-state index contributed by atoms with van der Waals surface area (Å²) >= 11 is 1.11. The lowest BCUT2D eigenvalue weighted by Gasteiger charge is -2.33. The zero-order valence-electron chi connectivity index (χ0n) is 19.1. The van der Waals surface area contributed by atoms with Crippen LogP contribution in [0.2, 0.25) is 0 Å². The monoisotopic (exact) mass is 516 g/mol. The molecule has 1 amide bonds. The van der Waals surface area contributed by atoms with Gasteiger partial charge in [0.15, 0.2) is 10.8 Å². The number of thioether (sulfide) groups is 1. The minimum atomic E-state index is -4.78. The lowest BCUT2D eigenvalue weighted by atomic mass is 9.86. The third-order valence-electron chi connectivity index (χ3n) is 5.81. The summed E-state index contributed by atoms with van der Waals surface area (Å²) in [7, 11) is 0. The molecule has 4 aromatic rings. The van der Waals surface area contributed by atoms with Crippen molar-refractivity contribution < 1.29 is 27.8 Å². The van der Waals surface area contributed by atoms with E-state index in [1.165, 1.54) is 24.3 Å². The van der Waals surface area contributed by atoms with Gasteiger partial charge in [-0.3, -0.25) is 9.36 Å². The fourth-order valence-electron chi connectivity index (χ4n) is 3.90. The van der Waals surface area contributed by atoms with E-state index >= 15 is 0 Å². The Hall–Kier alpha value is -3.57. The van der Waals surface area contributed by atoms with E-state index in [1.807, 2.05) is 30.3 Å². The number of nitrogens with zero attached hydrogens (tertiary/aromatic N) is 3. The van der Waals surface area contributed by atoms with Crippen LogP contribution in [0.5, 0.6) is 5.75 Å². The Bertz CT molecular complexity index is 1350. The highest BCUT2D eigenvalue weighted by Gasteiger charge is 2.43. The first-order valence-corrected chi connectivity index (χ1v) is 11.7. The number of aromatic nitrogens is 3. The number of carbonyl (C=O) groups is 1. The van der Waals surface area contributed by atoms with Crippen molar-refractivity contribution in [3.8, 4) is 5.75 Å². The summed E-state index contributed by atoms with van der Waals surface area (Å²) in [6.07, 6.45) is -3.18. The summed E-state index contributed by atoms with van der Waals surface area (Å²) in [5, 5.41) is 10.7. The number of benzene rings is 2. The van der Waals surface area contributed by atoms with Gasteiger partial charge in [0.2, 0.25) is 5.91 Å². The highest BCUT2D eigenvalue weighted by atomic mass is 32.2. The van der Waals surface area contributed by atoms with Crippen LogP contribution in [0.1, 0.15) is 24.0 Å². The van der Waals surface area contributed by atoms with E-state index in [4.69, 9.17) is 5.73 Å². The number of rotatable bonds is 9. The van der Waals surface area contributed by atoms with Gasteiger partial charge >= 0.3 is 6.36 Å². The summed E-state index contributed by atoms with van der Waals surface area (Å²) < 4.78 is 42.0. The van der Waals surface area contributed by atoms with Gasteiger partial charge in [0.25, 0.3) is 0 Å². The largest absolute Gasteiger partial charge is 0.573 e. The molecule has 0 fully saturated rings. The average Bonchev–Trinajstić information content (AvgIpc) is 3.17. The van der Waals surface area contributed by atoms with Crippen LogP contribution in [0, 0.1) is 0 Å². The number of alkyl halides is 3. The van der Waals surface area contributed by atoms with Crippen LogP contribution in [0.4, 0.5) is 13.2 Å². The number of fused-ring (bicyclic) bond motifs is 1. The molecule has 4 rings (SSSR count). The highest BCUT2D eigenvalue weighted by Crippen LogP contribution is 2.43. The maximum absolute atomic E-state index is 12.8. The molecule has 2 heterocycles. The molecule has 0 radical (unpaired) electrons. The van der Waals surface area contributed by atoms with Gasteiger partial charge in [-0.25, -0.2) is 9.97 Å². The Morgan fingerprint density at radius 1 is 1.11 bits per heavy atom. The first-order chi connectivity index (χ1) is 17.1. The summed E-state index contributed by atoms with van der Waals surface area (Å²) in [6, 6.07) is 18.1. The van der Waals surface area contributed by atoms with E-state index < -0.39 is 22.9 Å². The van der Waals surface area contributed by atoms with E-state index in [-0.39, 0.29) is 18.9 Å². The smallest absolute Gasteiger partial charge is 0.406 e. The van der Waals surface area contributed by atoms with Crippen LogP contribution in [0.25, 0.3) is 11.2 Å². The van der Waals surface area contributed by atoms with Crippen LogP contribution >= 0.6 is 11.8 Å². The van der Waals surface area contributed by atoms with Gasteiger partial charge in [0.1, 0.15) is 16.0 Å². The van der Waals surface area contributed by atoms with Crippen molar-refractivity contribution in [3.63, 3.8) is 0 Å². The number of primary amides is 1. The van der Waals surface area contributed by atoms with Crippen molar-refractivity contribution >= 4 is 28.8 Å². The Labute approximate surface area is 209 Å². The molecule has 188 valence electrons. The van der Waals surface area contributed by atoms with Crippen molar-refractivity contribution in [1.29, 1.82) is 0 Å². The van der Waals surface area contributed by atoms with Crippen LogP contribution < -0.4 is 10.5 Å². The number of nitrogens with two attached hydrogens (primary N) is 1. The van der Waals surface area contributed by atoms with Gasteiger partial charge in [-0.2, -0.15) is 0 Å². The molecule has 0 aliphatic rings. The number of ether oxygens (including phenoxy) is 1. The molecule has 0 bridgehead atoms. The molecular weight excluding hydrogens is 493 g/mol. The number of hydrogen-bond donors (Lipinski definition) is 2. The normalized spacial score (nSPS) is 14.4. The number of hydrogen-bond acceptors (Lipinski definition) is 6. The molecular formula is C25H23F3N4O3S. The zero-order valence-corrected chi connectivity index (χ0v) is 20.0. The second-order valence-corrected chi connectivity index (χ2v) is 9.65. The van der Waals surface area contributed by atoms with Gasteiger partial charge in [-0.15, -0.1) is 13.2 Å². The third-order valence-corrected chi connectivity index (χ3v) is 7.21. The number of imidazole rings is 1. The van der Waals surface area contributed by atoms with E-state index in [1.54, 1.807) is 29.8 Å². The quantitative estimate of drug-likeness (QED) is 0.318. The van der Waals surface area contributed by atoms with Crippen molar-refractivity contribution in [3.05, 3.63) is 84.1 Å². The molecule has 2 atom stereocenters. The second-order valence-electron chi connectivity index (χ2n) is 8.24. The molecule has 1 unspecified atom stereocenters. The van der Waals surface area contributed by atoms with Crippen LogP contribution in [0.3, 0.4) is 0 Å². The fraction of sp³-hybridized carbons (Fsp3) is 0.240. The summed E-state index contributed by atoms with van der Waals surface area (Å²) in [5.41, 5.74) is 8.38. The SMILES string of the molecule is CC(Sc1nc2cccnc2n1Cc1ccc(OC(F)(F)F)cc1)(C(N)=O)[C@@H](CO)c1ccccc1. The number of aliphatic hydroxyl groups is 1. The number of amides is 1. The number of pyridine rings is 1. The van der Waals surface area contributed by atoms with E-state index in [0.29, 0.717) is 21.9 Å². The highest BCUT2D eigenvalue weighted by molar-refractivity contribution is 8.01. The molecule has 0 saturated heterocycles. The summed E-state index contributed by atoms with van der Waals surface area (Å²) in [6.45, 7) is 1.55. The average molecular weight is 517 g/mol. The maximum Gasteiger partial charge on any atom is 0.573 e. The molecule has 0 saturated carbocycles. The first-order valence-electron chi connectivity index (χ1n) is 10.9. The van der Waals surface area contributed by atoms with Crippen molar-refractivity contribution in [2.24, 2.45) is 5.73 Å². The van der Waals surface area contributed by atoms with Crippen molar-refractivity contribution in [2.45, 2.75) is 35.7 Å². The Kier molecular flexibility index (Phi) is 7.23. The molecule has 2 aromatic heterocycles. The van der Waals surface area contributed by atoms with Crippen molar-refractivity contribution in [1.82, 2.24) is 14.5 Å². The number of carbonyl (C=O) groups excluding carboxylic acids is 1. The lowest BCUT2D eigenvalue weighted by molar-refractivity contribution is -0.274. The van der Waals surface area contributed by atoms with Crippen LogP contribution in [0.15, 0.2) is 78.1 Å². The molecule has 0 aliphatic heterocycles. The van der Waals surface area contributed by atoms with Crippen LogP contribution in [-0.2, 0) is 11.3 Å². The number of aliphatic hydroxyl groups excluding tert-OH is 1. The van der Waals surface area contributed by atoms with Gasteiger partial charge in [-0.1, -0.05) is 54.2 Å². The number of halogens is 3. The molecule has 7 nitrogen and oxygen atoms in total. The van der Waals surface area contributed by atoms with Crippen molar-refractivity contribution in [2.75, 3.05) is 6.61 Å². The zero-order chi connectivity index (χ0) is 25.9. The van der Waals surface area contributed by atoms with Crippen LogP contribution in [-0.4, -0.2) is 43.3 Å². The Morgan fingerprint density at radius 3 is 2.42 bits per heavy atom. The minimum Gasteiger partial charge on any atom is -0.406 e. The first kappa shape index (κ1) is 25.5. The van der Waals surface area contributed by atoms with Gasteiger partial charge in [-0.05, 0) is 42.3 Å². The molecule has 3 N–H and O–H groups in total. The van der Waals surface area contributed by atoms with Gasteiger partial charge in [0, 0.05) is 12.1 Å². The Morgan fingerprint density at radius 2 is 1.81 bits per heavy atom. The fourth-order valence-corrected chi connectivity index (χ4v) is 5.14. The lowest BCUT2D eigenvalue weighted by Crippen LogP contribution is -2.45. The second kappa shape index (κ2) is 10.2. The topological polar surface area (TPSA) is 103 Å². The van der Waals surface area contributed by atoms with Gasteiger partial charge in [0.05, 0.1) is 13.2 Å². The standard InChI is InChI=1S/C25H23F3N4O3S/c1-24(22(29)34,19(15-33)17-6-3-2-4-7-17)36-23-31-20-8-5-13-30-21(20)32(23)14-16-9-11-18(12-10-16)35-25(26,27)28/h2-13,19,33H,14-15H2,1H3,(H2,29,34)/t19-,24?/m0/s1. The third kappa shape index (κ3) is 5.47. The van der Waals surface area contributed by atoms with E-state index in [0.717, 1.165) is 17.3 Å². The van der Waals surface area contributed by atoms with Gasteiger partial charge < -0.3 is 15.6 Å². The molecule has 0 spiro atoms. The minimum absolute atomic E-state index is 0.214. The molecule has 36 heavy (non-hydrogen) atoms. The molecule has 11 heteroatoms. The predicted molar refractivity (Wildman–Crippen MR) is 129 cm³/mol. The molecule has 0 aliphatic carbocycles. The van der Waals surface area contributed by atoms with E-state index in [9.17, 15) is 23.1 Å².